The molecule has 1 aromatic carbocycles. The van der Waals surface area contributed by atoms with Gasteiger partial charge in [0, 0.05) is 16.9 Å². The van der Waals surface area contributed by atoms with Crippen LogP contribution in [-0.2, 0) is 0 Å². The molecule has 19 heavy (non-hydrogen) atoms. The standard InChI is InChI=1S/C15H22BrNO2/c1-10(2)14(9-16)17-15(18)12-5-7-13(8-6-12)19-11(3)4/h5-8,10-11,14H,9H2,1-4H3,(H,17,18). The number of hydrogen-bond acceptors (Lipinski definition) is 2. The molecular weight excluding hydrogens is 306 g/mol. The average molecular weight is 328 g/mol. The summed E-state index contributed by atoms with van der Waals surface area (Å²) in [6, 6.07) is 7.37. The Morgan fingerprint density at radius 1 is 1.21 bits per heavy atom. The lowest BCUT2D eigenvalue weighted by atomic mass is 10.1. The quantitative estimate of drug-likeness (QED) is 0.810. The summed E-state index contributed by atoms with van der Waals surface area (Å²) in [4.78, 5) is 12.1. The largest absolute Gasteiger partial charge is 0.491 e. The molecule has 0 saturated heterocycles. The van der Waals surface area contributed by atoms with Crippen LogP contribution in [0.1, 0.15) is 38.1 Å². The molecule has 3 nitrogen and oxygen atoms in total. The van der Waals surface area contributed by atoms with Crippen molar-refractivity contribution < 1.29 is 9.53 Å². The molecule has 0 aromatic heterocycles. The molecule has 0 radical (unpaired) electrons. The first kappa shape index (κ1) is 16.0. The highest BCUT2D eigenvalue weighted by atomic mass is 79.9. The minimum Gasteiger partial charge on any atom is -0.491 e. The third kappa shape index (κ3) is 5.23. The zero-order valence-corrected chi connectivity index (χ0v) is 13.5. The van der Waals surface area contributed by atoms with Crippen molar-refractivity contribution in [3.05, 3.63) is 29.8 Å². The maximum absolute atomic E-state index is 12.1. The summed E-state index contributed by atoms with van der Waals surface area (Å²) in [5.41, 5.74) is 0.655. The summed E-state index contributed by atoms with van der Waals surface area (Å²) in [5.74, 6) is 1.13. The molecule has 1 N–H and O–H groups in total. The normalized spacial score (nSPS) is 12.6. The minimum absolute atomic E-state index is 0.0470. The van der Waals surface area contributed by atoms with Gasteiger partial charge in [-0.25, -0.2) is 0 Å². The Balaban J connectivity index is 2.67. The monoisotopic (exact) mass is 327 g/mol. The summed E-state index contributed by atoms with van der Waals surface area (Å²) in [6.45, 7) is 8.13. The molecule has 0 aliphatic rings. The second kappa shape index (κ2) is 7.53. The van der Waals surface area contributed by atoms with Crippen LogP contribution in [0.3, 0.4) is 0 Å². The summed E-state index contributed by atoms with van der Waals surface area (Å²) in [5, 5.41) is 3.77. The predicted molar refractivity (Wildman–Crippen MR) is 82.1 cm³/mol. The Kier molecular flexibility index (Phi) is 6.35. The van der Waals surface area contributed by atoms with E-state index in [1.54, 1.807) is 12.1 Å². The predicted octanol–water partition coefficient (Wildman–Crippen LogP) is 3.62. The van der Waals surface area contributed by atoms with Gasteiger partial charge in [0.05, 0.1) is 6.10 Å². The molecular formula is C15H22BrNO2. The van der Waals surface area contributed by atoms with Crippen LogP contribution < -0.4 is 10.1 Å². The van der Waals surface area contributed by atoms with Crippen molar-refractivity contribution in [2.75, 3.05) is 5.33 Å². The van der Waals surface area contributed by atoms with Crippen molar-refractivity contribution in [2.24, 2.45) is 5.92 Å². The lowest BCUT2D eigenvalue weighted by Gasteiger charge is -2.20. The summed E-state index contributed by atoms with van der Waals surface area (Å²) in [6.07, 6.45) is 0.137. The van der Waals surface area contributed by atoms with Crippen molar-refractivity contribution in [1.29, 1.82) is 0 Å². The highest BCUT2D eigenvalue weighted by Crippen LogP contribution is 2.14. The van der Waals surface area contributed by atoms with Crippen molar-refractivity contribution in [3.63, 3.8) is 0 Å². The van der Waals surface area contributed by atoms with Crippen molar-refractivity contribution in [1.82, 2.24) is 5.32 Å². The van der Waals surface area contributed by atoms with Crippen LogP contribution in [0.4, 0.5) is 0 Å². The van der Waals surface area contributed by atoms with Crippen LogP contribution in [0.15, 0.2) is 24.3 Å². The molecule has 1 atom stereocenters. The average Bonchev–Trinajstić information content (AvgIpc) is 2.35. The van der Waals surface area contributed by atoms with Crippen molar-refractivity contribution >= 4 is 21.8 Å². The summed E-state index contributed by atoms with van der Waals surface area (Å²) >= 11 is 3.42. The van der Waals surface area contributed by atoms with Crippen molar-refractivity contribution in [2.45, 2.75) is 39.8 Å². The number of alkyl halides is 1. The number of carbonyl (C=O) groups excluding carboxylic acids is 1. The minimum atomic E-state index is -0.0470. The Morgan fingerprint density at radius 2 is 1.79 bits per heavy atom. The molecule has 4 heteroatoms. The molecule has 0 saturated carbocycles. The fourth-order valence-corrected chi connectivity index (χ4v) is 2.50. The van der Waals surface area contributed by atoms with E-state index in [0.717, 1.165) is 11.1 Å². The van der Waals surface area contributed by atoms with Gasteiger partial charge < -0.3 is 10.1 Å². The van der Waals surface area contributed by atoms with Gasteiger partial charge in [0.1, 0.15) is 5.75 Å². The van der Waals surface area contributed by atoms with Gasteiger partial charge in [-0.3, -0.25) is 4.79 Å². The molecule has 0 fully saturated rings. The number of benzene rings is 1. The first-order chi connectivity index (χ1) is 8.93. The highest BCUT2D eigenvalue weighted by Gasteiger charge is 2.15. The topological polar surface area (TPSA) is 38.3 Å². The molecule has 0 aliphatic heterocycles. The zero-order valence-electron chi connectivity index (χ0n) is 11.9. The molecule has 0 spiro atoms. The number of carbonyl (C=O) groups is 1. The van der Waals surface area contributed by atoms with E-state index in [9.17, 15) is 4.79 Å². The van der Waals surface area contributed by atoms with E-state index in [0.29, 0.717) is 11.5 Å². The maximum atomic E-state index is 12.1. The second-order valence-electron chi connectivity index (χ2n) is 5.17. The Bertz CT molecular complexity index is 401. The van der Waals surface area contributed by atoms with Crippen LogP contribution in [-0.4, -0.2) is 23.4 Å². The first-order valence-electron chi connectivity index (χ1n) is 6.57. The lowest BCUT2D eigenvalue weighted by molar-refractivity contribution is 0.0931. The van der Waals surface area contributed by atoms with Gasteiger partial charge in [-0.1, -0.05) is 29.8 Å². The van der Waals surface area contributed by atoms with Gasteiger partial charge >= 0.3 is 0 Å². The van der Waals surface area contributed by atoms with E-state index >= 15 is 0 Å². The molecule has 1 amide bonds. The molecule has 1 aromatic rings. The summed E-state index contributed by atoms with van der Waals surface area (Å²) in [7, 11) is 0. The Morgan fingerprint density at radius 3 is 2.21 bits per heavy atom. The number of rotatable bonds is 6. The van der Waals surface area contributed by atoms with Crippen molar-refractivity contribution in [3.8, 4) is 5.75 Å². The zero-order chi connectivity index (χ0) is 14.4. The number of amides is 1. The molecule has 0 heterocycles. The van der Waals surface area contributed by atoms with Gasteiger partial charge in [-0.05, 0) is 44.0 Å². The van der Waals surface area contributed by atoms with E-state index in [1.165, 1.54) is 0 Å². The maximum Gasteiger partial charge on any atom is 0.251 e. The number of nitrogens with one attached hydrogen (secondary N) is 1. The Labute approximate surface area is 123 Å². The van der Waals surface area contributed by atoms with E-state index < -0.39 is 0 Å². The molecule has 0 bridgehead atoms. The van der Waals surface area contributed by atoms with Gasteiger partial charge in [0.15, 0.2) is 0 Å². The highest BCUT2D eigenvalue weighted by molar-refractivity contribution is 9.09. The van der Waals surface area contributed by atoms with Gasteiger partial charge in [-0.2, -0.15) is 0 Å². The molecule has 1 unspecified atom stereocenters. The molecule has 1 rings (SSSR count). The second-order valence-corrected chi connectivity index (χ2v) is 5.82. The van der Waals surface area contributed by atoms with E-state index in [1.807, 2.05) is 26.0 Å². The fourth-order valence-electron chi connectivity index (χ4n) is 1.59. The Hall–Kier alpha value is -1.03. The van der Waals surface area contributed by atoms with Crippen LogP contribution in [0.5, 0.6) is 5.75 Å². The third-order valence-electron chi connectivity index (χ3n) is 2.78. The van der Waals surface area contributed by atoms with Gasteiger partial charge in [0.25, 0.3) is 5.91 Å². The van der Waals surface area contributed by atoms with E-state index in [2.05, 4.69) is 35.1 Å². The van der Waals surface area contributed by atoms with Gasteiger partial charge in [0.2, 0.25) is 0 Å². The summed E-state index contributed by atoms with van der Waals surface area (Å²) < 4.78 is 5.55. The van der Waals surface area contributed by atoms with Crippen LogP contribution >= 0.6 is 15.9 Å². The third-order valence-corrected chi connectivity index (χ3v) is 3.47. The van der Waals surface area contributed by atoms with Crippen LogP contribution in [0.25, 0.3) is 0 Å². The van der Waals surface area contributed by atoms with Crippen LogP contribution in [0.2, 0.25) is 0 Å². The number of halogens is 1. The SMILES string of the molecule is CC(C)Oc1ccc(C(=O)NC(CBr)C(C)C)cc1. The number of ether oxygens (including phenoxy) is 1. The van der Waals surface area contributed by atoms with Crippen LogP contribution in [0, 0.1) is 5.92 Å². The van der Waals surface area contributed by atoms with E-state index in [-0.39, 0.29) is 18.1 Å². The van der Waals surface area contributed by atoms with Gasteiger partial charge in [-0.15, -0.1) is 0 Å². The lowest BCUT2D eigenvalue weighted by Crippen LogP contribution is -2.39. The fraction of sp³-hybridized carbons (Fsp3) is 0.533. The van der Waals surface area contributed by atoms with E-state index in [4.69, 9.17) is 4.74 Å². The smallest absolute Gasteiger partial charge is 0.251 e. The molecule has 0 aliphatic carbocycles. The molecule has 106 valence electrons. The first-order valence-corrected chi connectivity index (χ1v) is 7.69. The number of hydrogen-bond donors (Lipinski definition) is 1.